The van der Waals surface area contributed by atoms with Crippen LogP contribution in [0.4, 0.5) is 5.82 Å². The van der Waals surface area contributed by atoms with Crippen LogP contribution in [0, 0.1) is 13.8 Å². The van der Waals surface area contributed by atoms with Crippen LogP contribution < -0.4 is 4.90 Å². The molecule has 2 rings (SSSR count). The van der Waals surface area contributed by atoms with E-state index in [-0.39, 0.29) is 6.61 Å². The maximum atomic E-state index is 8.97. The number of aliphatic hydroxyl groups is 1. The first-order valence-electron chi connectivity index (χ1n) is 6.40. The van der Waals surface area contributed by atoms with Crippen molar-refractivity contribution in [2.24, 2.45) is 0 Å². The molecule has 4 nitrogen and oxygen atoms in total. The average Bonchev–Trinajstić information content (AvgIpc) is 2.25. The van der Waals surface area contributed by atoms with Crippen LogP contribution in [0.2, 0.25) is 0 Å². The topological polar surface area (TPSA) is 49.2 Å². The average molecular weight is 235 g/mol. The van der Waals surface area contributed by atoms with Gasteiger partial charge in [-0.25, -0.2) is 4.98 Å². The van der Waals surface area contributed by atoms with Crippen LogP contribution in [-0.2, 0) is 0 Å². The number of hydrogen-bond donors (Lipinski definition) is 1. The highest BCUT2D eigenvalue weighted by Gasteiger charge is 2.25. The third-order valence-corrected chi connectivity index (χ3v) is 3.55. The van der Waals surface area contributed by atoms with Gasteiger partial charge in [0.05, 0.1) is 17.6 Å². The number of aromatic nitrogens is 2. The Morgan fingerprint density at radius 3 is 2.65 bits per heavy atom. The molecule has 94 valence electrons. The van der Waals surface area contributed by atoms with E-state index >= 15 is 0 Å². The van der Waals surface area contributed by atoms with Crippen molar-refractivity contribution in [1.29, 1.82) is 0 Å². The minimum Gasteiger partial charge on any atom is -0.396 e. The molecule has 0 radical (unpaired) electrons. The lowest BCUT2D eigenvalue weighted by Gasteiger charge is -2.38. The Morgan fingerprint density at radius 1 is 1.35 bits per heavy atom. The second-order valence-corrected chi connectivity index (χ2v) is 4.75. The molecule has 0 saturated heterocycles. The zero-order valence-electron chi connectivity index (χ0n) is 10.7. The number of rotatable bonds is 5. The molecule has 0 aliphatic heterocycles. The van der Waals surface area contributed by atoms with Crippen LogP contribution >= 0.6 is 0 Å². The van der Waals surface area contributed by atoms with Crippen molar-refractivity contribution < 1.29 is 5.11 Å². The quantitative estimate of drug-likeness (QED) is 0.846. The van der Waals surface area contributed by atoms with E-state index in [1.165, 1.54) is 19.3 Å². The summed E-state index contributed by atoms with van der Waals surface area (Å²) in [4.78, 5) is 11.3. The van der Waals surface area contributed by atoms with Crippen LogP contribution in [-0.4, -0.2) is 34.3 Å². The van der Waals surface area contributed by atoms with E-state index in [1.54, 1.807) is 0 Å². The first kappa shape index (κ1) is 12.3. The van der Waals surface area contributed by atoms with Gasteiger partial charge in [0.2, 0.25) is 0 Å². The fourth-order valence-electron chi connectivity index (χ4n) is 2.09. The smallest absolute Gasteiger partial charge is 0.147 e. The molecule has 1 heterocycles. The maximum Gasteiger partial charge on any atom is 0.147 e. The Kier molecular flexibility index (Phi) is 3.94. The van der Waals surface area contributed by atoms with Gasteiger partial charge in [0.25, 0.3) is 0 Å². The number of hydrogen-bond acceptors (Lipinski definition) is 4. The Labute approximate surface area is 103 Å². The van der Waals surface area contributed by atoms with Gasteiger partial charge in [-0.15, -0.1) is 0 Å². The van der Waals surface area contributed by atoms with Crippen LogP contribution in [0.25, 0.3) is 0 Å². The van der Waals surface area contributed by atoms with Gasteiger partial charge < -0.3 is 10.0 Å². The second-order valence-electron chi connectivity index (χ2n) is 4.75. The molecule has 0 bridgehead atoms. The zero-order valence-corrected chi connectivity index (χ0v) is 10.7. The van der Waals surface area contributed by atoms with Gasteiger partial charge >= 0.3 is 0 Å². The van der Waals surface area contributed by atoms with E-state index in [9.17, 15) is 0 Å². The van der Waals surface area contributed by atoms with Crippen molar-refractivity contribution >= 4 is 5.82 Å². The Balaban J connectivity index is 2.15. The summed E-state index contributed by atoms with van der Waals surface area (Å²) in [6, 6.07) is 0.595. The molecule has 17 heavy (non-hydrogen) atoms. The molecule has 0 amide bonds. The summed E-state index contributed by atoms with van der Waals surface area (Å²) in [5.74, 6) is 0.964. The third-order valence-electron chi connectivity index (χ3n) is 3.55. The van der Waals surface area contributed by atoms with E-state index in [2.05, 4.69) is 14.9 Å². The van der Waals surface area contributed by atoms with E-state index < -0.39 is 0 Å². The predicted molar refractivity (Wildman–Crippen MR) is 68.2 cm³/mol. The highest BCUT2D eigenvalue weighted by atomic mass is 16.3. The first-order valence-corrected chi connectivity index (χ1v) is 6.40. The summed E-state index contributed by atoms with van der Waals surface area (Å²) in [5, 5.41) is 8.97. The van der Waals surface area contributed by atoms with Gasteiger partial charge in [-0.05, 0) is 39.5 Å². The molecule has 1 fully saturated rings. The Morgan fingerprint density at radius 2 is 2.12 bits per heavy atom. The first-order chi connectivity index (χ1) is 8.22. The molecule has 0 aromatic carbocycles. The van der Waals surface area contributed by atoms with Crippen LogP contribution in [0.1, 0.15) is 37.1 Å². The molecule has 1 aliphatic rings. The van der Waals surface area contributed by atoms with Gasteiger partial charge in [0, 0.05) is 19.2 Å². The maximum absolute atomic E-state index is 8.97. The van der Waals surface area contributed by atoms with Crippen LogP contribution in [0.15, 0.2) is 6.20 Å². The Hall–Kier alpha value is -1.16. The van der Waals surface area contributed by atoms with Gasteiger partial charge in [0.15, 0.2) is 0 Å². The minimum atomic E-state index is 0.238. The molecule has 0 unspecified atom stereocenters. The minimum absolute atomic E-state index is 0.238. The lowest BCUT2D eigenvalue weighted by atomic mass is 9.91. The van der Waals surface area contributed by atoms with Gasteiger partial charge in [-0.1, -0.05) is 0 Å². The van der Waals surface area contributed by atoms with Crippen molar-refractivity contribution in [2.45, 2.75) is 45.6 Å². The highest BCUT2D eigenvalue weighted by molar-refractivity contribution is 5.39. The molecule has 1 aromatic heterocycles. The van der Waals surface area contributed by atoms with Gasteiger partial charge in [-0.2, -0.15) is 0 Å². The molecule has 1 saturated carbocycles. The van der Waals surface area contributed by atoms with E-state index in [0.717, 1.165) is 30.2 Å². The lowest BCUT2D eigenvalue weighted by Crippen LogP contribution is -2.41. The standard InChI is InChI=1S/C13H21N3O/c1-10-11(2)15-13(9-14-10)16(7-4-8-17)12-5-3-6-12/h9,12,17H,3-8H2,1-2H3. The summed E-state index contributed by atoms with van der Waals surface area (Å²) in [7, 11) is 0. The normalized spacial score (nSPS) is 15.7. The summed E-state index contributed by atoms with van der Waals surface area (Å²) in [6.45, 7) is 5.09. The fraction of sp³-hybridized carbons (Fsp3) is 0.692. The molecular formula is C13H21N3O. The number of aliphatic hydroxyl groups excluding tert-OH is 1. The van der Waals surface area contributed by atoms with Gasteiger partial charge in [0.1, 0.15) is 5.82 Å². The molecule has 0 spiro atoms. The molecule has 4 heteroatoms. The van der Waals surface area contributed by atoms with Crippen molar-refractivity contribution in [2.75, 3.05) is 18.1 Å². The predicted octanol–water partition coefficient (Wildman–Crippen LogP) is 1.83. The van der Waals surface area contributed by atoms with E-state index in [4.69, 9.17) is 5.11 Å². The second kappa shape index (κ2) is 5.45. The van der Waals surface area contributed by atoms with Crippen LogP contribution in [0.3, 0.4) is 0 Å². The number of anilines is 1. The fourth-order valence-corrected chi connectivity index (χ4v) is 2.09. The molecular weight excluding hydrogens is 214 g/mol. The molecule has 0 atom stereocenters. The summed E-state index contributed by atoms with van der Waals surface area (Å²) < 4.78 is 0. The van der Waals surface area contributed by atoms with E-state index in [1.807, 2.05) is 20.0 Å². The zero-order chi connectivity index (χ0) is 12.3. The van der Waals surface area contributed by atoms with Crippen molar-refractivity contribution in [3.05, 3.63) is 17.6 Å². The van der Waals surface area contributed by atoms with Crippen molar-refractivity contribution in [3.63, 3.8) is 0 Å². The monoisotopic (exact) mass is 235 g/mol. The summed E-state index contributed by atoms with van der Waals surface area (Å²) in [6.07, 6.45) is 6.43. The SMILES string of the molecule is Cc1ncc(N(CCCO)C2CCC2)nc1C. The highest BCUT2D eigenvalue weighted by Crippen LogP contribution is 2.28. The number of nitrogens with zero attached hydrogens (tertiary/aromatic N) is 3. The lowest BCUT2D eigenvalue weighted by molar-refractivity contribution is 0.282. The van der Waals surface area contributed by atoms with Crippen molar-refractivity contribution in [1.82, 2.24) is 9.97 Å². The van der Waals surface area contributed by atoms with Gasteiger partial charge in [-0.3, -0.25) is 4.98 Å². The molecule has 1 aliphatic carbocycles. The number of aryl methyl sites for hydroxylation is 2. The largest absolute Gasteiger partial charge is 0.396 e. The third kappa shape index (κ3) is 2.75. The summed E-state index contributed by atoms with van der Waals surface area (Å²) in [5.41, 5.74) is 1.99. The Bertz CT molecular complexity index is 377. The van der Waals surface area contributed by atoms with Crippen molar-refractivity contribution in [3.8, 4) is 0 Å². The van der Waals surface area contributed by atoms with E-state index in [0.29, 0.717) is 6.04 Å². The molecule has 1 N–H and O–H groups in total. The molecule has 1 aromatic rings. The van der Waals surface area contributed by atoms with Crippen LogP contribution in [0.5, 0.6) is 0 Å². The summed E-state index contributed by atoms with van der Waals surface area (Å²) >= 11 is 0.